The van der Waals surface area contributed by atoms with Crippen LogP contribution in [0.3, 0.4) is 0 Å². The quantitative estimate of drug-likeness (QED) is 0.623. The van der Waals surface area contributed by atoms with E-state index in [9.17, 15) is 14.4 Å². The maximum Gasteiger partial charge on any atom is 0.411 e. The third kappa shape index (κ3) is 3.71. The van der Waals surface area contributed by atoms with E-state index in [0.29, 0.717) is 0 Å². The van der Waals surface area contributed by atoms with Crippen molar-refractivity contribution in [2.45, 2.75) is 5.92 Å². The van der Waals surface area contributed by atoms with Crippen molar-refractivity contribution < 1.29 is 24.2 Å². The number of aromatic nitrogens is 2. The Labute approximate surface area is 189 Å². The standard InChI is InChI=1S/C24H22N4O5/c1-27-12-20(21(26-27)22(29)28-10-14(11-28)23(30)31)25-24(32)33-13-19-17-8-4-2-6-15(17)16-7-3-5-9-18(16)19/h2-9,12,14,19H,10-11,13H2,1H3,(H,25,32)(H,30,31). The molecule has 1 aromatic heterocycles. The highest BCUT2D eigenvalue weighted by atomic mass is 16.5. The third-order valence-corrected chi connectivity index (χ3v) is 6.13. The summed E-state index contributed by atoms with van der Waals surface area (Å²) in [6.07, 6.45) is 0.828. The molecule has 9 nitrogen and oxygen atoms in total. The van der Waals surface area contributed by atoms with Gasteiger partial charge in [-0.25, -0.2) is 4.79 Å². The summed E-state index contributed by atoms with van der Waals surface area (Å²) in [5.74, 6) is -2.01. The first kappa shape index (κ1) is 20.7. The second-order valence-corrected chi connectivity index (χ2v) is 8.26. The highest BCUT2D eigenvalue weighted by Crippen LogP contribution is 2.44. The van der Waals surface area contributed by atoms with Crippen LogP contribution in [0.4, 0.5) is 10.5 Å². The van der Waals surface area contributed by atoms with E-state index < -0.39 is 23.9 Å². The van der Waals surface area contributed by atoms with Crippen molar-refractivity contribution in [3.63, 3.8) is 0 Å². The molecular formula is C24H22N4O5. The topological polar surface area (TPSA) is 114 Å². The Morgan fingerprint density at radius 3 is 2.27 bits per heavy atom. The number of nitrogens with zero attached hydrogens (tertiary/aromatic N) is 3. The number of carbonyl (C=O) groups excluding carboxylic acids is 2. The van der Waals surface area contributed by atoms with Gasteiger partial charge >= 0.3 is 12.1 Å². The molecule has 33 heavy (non-hydrogen) atoms. The molecule has 0 atom stereocenters. The Balaban J connectivity index is 1.27. The Bertz CT molecular complexity index is 1220. The molecule has 2 amide bonds. The van der Waals surface area contributed by atoms with Gasteiger partial charge in [-0.05, 0) is 22.3 Å². The molecule has 0 unspecified atom stereocenters. The number of aryl methyl sites for hydroxylation is 1. The second-order valence-electron chi connectivity index (χ2n) is 8.26. The summed E-state index contributed by atoms with van der Waals surface area (Å²) in [5, 5.41) is 15.8. The number of benzene rings is 2. The maximum atomic E-state index is 12.7. The summed E-state index contributed by atoms with van der Waals surface area (Å²) >= 11 is 0. The molecule has 0 spiro atoms. The zero-order chi connectivity index (χ0) is 23.1. The van der Waals surface area contributed by atoms with Gasteiger partial charge in [0.05, 0.1) is 11.6 Å². The minimum atomic E-state index is -0.933. The molecule has 0 saturated carbocycles. The number of carbonyl (C=O) groups is 3. The number of rotatable bonds is 5. The lowest BCUT2D eigenvalue weighted by atomic mass is 9.98. The maximum absolute atomic E-state index is 12.7. The number of fused-ring (bicyclic) bond motifs is 3. The van der Waals surface area contributed by atoms with Crippen molar-refractivity contribution in [1.82, 2.24) is 14.7 Å². The Morgan fingerprint density at radius 2 is 1.67 bits per heavy atom. The first-order valence-electron chi connectivity index (χ1n) is 10.6. The molecule has 5 rings (SSSR count). The number of hydrogen-bond donors (Lipinski definition) is 2. The van der Waals surface area contributed by atoms with Crippen molar-refractivity contribution in [1.29, 1.82) is 0 Å². The molecule has 0 bridgehead atoms. The van der Waals surface area contributed by atoms with Crippen molar-refractivity contribution >= 4 is 23.7 Å². The minimum absolute atomic E-state index is 0.0508. The Hall–Kier alpha value is -4.14. The molecule has 1 aliphatic heterocycles. The van der Waals surface area contributed by atoms with Gasteiger partial charge in [0.25, 0.3) is 5.91 Å². The van der Waals surface area contributed by atoms with Crippen LogP contribution >= 0.6 is 0 Å². The smallest absolute Gasteiger partial charge is 0.411 e. The summed E-state index contributed by atoms with van der Waals surface area (Å²) in [5.41, 5.74) is 4.75. The number of likely N-dealkylation sites (tertiary alicyclic amines) is 1. The average Bonchev–Trinajstić information content (AvgIpc) is 3.28. The molecule has 1 saturated heterocycles. The first-order chi connectivity index (χ1) is 15.9. The number of anilines is 1. The van der Waals surface area contributed by atoms with Crippen molar-refractivity contribution in [2.24, 2.45) is 13.0 Å². The van der Waals surface area contributed by atoms with Crippen molar-refractivity contribution in [3.05, 3.63) is 71.5 Å². The number of carboxylic acids is 1. The van der Waals surface area contributed by atoms with Crippen LogP contribution in [0.2, 0.25) is 0 Å². The molecule has 168 valence electrons. The van der Waals surface area contributed by atoms with Gasteiger partial charge in [-0.1, -0.05) is 48.5 Å². The van der Waals surface area contributed by atoms with E-state index in [0.717, 1.165) is 22.3 Å². The number of carboxylic acid groups (broad SMARTS) is 1. The number of aliphatic carboxylic acids is 1. The monoisotopic (exact) mass is 446 g/mol. The lowest BCUT2D eigenvalue weighted by Gasteiger charge is -2.36. The third-order valence-electron chi connectivity index (χ3n) is 6.13. The van der Waals surface area contributed by atoms with E-state index in [1.54, 1.807) is 7.05 Å². The molecule has 2 aromatic carbocycles. The highest BCUT2D eigenvalue weighted by molar-refractivity contribution is 6.01. The molecular weight excluding hydrogens is 424 g/mol. The summed E-state index contributed by atoms with van der Waals surface area (Å²) in [4.78, 5) is 37.7. The van der Waals surface area contributed by atoms with E-state index in [-0.39, 0.29) is 37.0 Å². The molecule has 9 heteroatoms. The zero-order valence-corrected chi connectivity index (χ0v) is 17.9. The Morgan fingerprint density at radius 1 is 1.06 bits per heavy atom. The fourth-order valence-electron chi connectivity index (χ4n) is 4.43. The molecule has 0 radical (unpaired) electrons. The van der Waals surface area contributed by atoms with Crippen LogP contribution in [0.15, 0.2) is 54.7 Å². The van der Waals surface area contributed by atoms with Crippen LogP contribution in [0.1, 0.15) is 27.5 Å². The van der Waals surface area contributed by atoms with Gasteiger partial charge in [0, 0.05) is 32.3 Å². The van der Waals surface area contributed by atoms with Gasteiger partial charge < -0.3 is 14.7 Å². The molecule has 2 N–H and O–H groups in total. The molecule has 1 fully saturated rings. The predicted molar refractivity (Wildman–Crippen MR) is 119 cm³/mol. The molecule has 2 aliphatic rings. The van der Waals surface area contributed by atoms with Gasteiger partial charge in [-0.15, -0.1) is 0 Å². The summed E-state index contributed by atoms with van der Waals surface area (Å²) in [7, 11) is 1.63. The summed E-state index contributed by atoms with van der Waals surface area (Å²) in [6.45, 7) is 0.389. The van der Waals surface area contributed by atoms with Gasteiger partial charge in [-0.2, -0.15) is 5.10 Å². The number of nitrogens with one attached hydrogen (secondary N) is 1. The van der Waals surface area contributed by atoms with Gasteiger partial charge in [0.1, 0.15) is 6.61 Å². The fraction of sp³-hybridized carbons (Fsp3) is 0.250. The van der Waals surface area contributed by atoms with Crippen LogP contribution < -0.4 is 5.32 Å². The van der Waals surface area contributed by atoms with Gasteiger partial charge in [-0.3, -0.25) is 19.6 Å². The first-order valence-corrected chi connectivity index (χ1v) is 10.6. The summed E-state index contributed by atoms with van der Waals surface area (Å²) in [6, 6.07) is 16.1. The van der Waals surface area contributed by atoms with Gasteiger partial charge in [0.15, 0.2) is 5.69 Å². The number of hydrogen-bond acceptors (Lipinski definition) is 5. The minimum Gasteiger partial charge on any atom is -0.481 e. The van der Waals surface area contributed by atoms with Crippen LogP contribution in [0, 0.1) is 5.92 Å². The molecule has 1 aliphatic carbocycles. The SMILES string of the molecule is Cn1cc(NC(=O)OCC2c3ccccc3-c3ccccc32)c(C(=O)N2CC(C(=O)O)C2)n1. The average molecular weight is 446 g/mol. The summed E-state index contributed by atoms with van der Waals surface area (Å²) < 4.78 is 6.96. The lowest BCUT2D eigenvalue weighted by molar-refractivity contribution is -0.146. The van der Waals surface area contributed by atoms with Crippen LogP contribution in [0.5, 0.6) is 0 Å². The van der Waals surface area contributed by atoms with Gasteiger partial charge in [0.2, 0.25) is 0 Å². The van der Waals surface area contributed by atoms with E-state index in [4.69, 9.17) is 9.84 Å². The predicted octanol–water partition coefficient (Wildman–Crippen LogP) is 2.94. The Kier molecular flexibility index (Phi) is 5.08. The number of amides is 2. The zero-order valence-electron chi connectivity index (χ0n) is 17.9. The highest BCUT2D eigenvalue weighted by Gasteiger charge is 2.38. The fourth-order valence-corrected chi connectivity index (χ4v) is 4.43. The van der Waals surface area contributed by atoms with Crippen molar-refractivity contribution in [2.75, 3.05) is 25.0 Å². The van der Waals surface area contributed by atoms with E-state index in [1.165, 1.54) is 15.8 Å². The number of ether oxygens (including phenoxy) is 1. The lowest BCUT2D eigenvalue weighted by Crippen LogP contribution is -2.53. The van der Waals surface area contributed by atoms with E-state index >= 15 is 0 Å². The van der Waals surface area contributed by atoms with E-state index in [1.807, 2.05) is 36.4 Å². The van der Waals surface area contributed by atoms with Crippen LogP contribution in [-0.2, 0) is 16.6 Å². The molecule has 3 aromatic rings. The van der Waals surface area contributed by atoms with Crippen LogP contribution in [-0.4, -0.2) is 57.5 Å². The van der Waals surface area contributed by atoms with E-state index in [2.05, 4.69) is 22.5 Å². The second kappa shape index (κ2) is 8.09. The van der Waals surface area contributed by atoms with Crippen molar-refractivity contribution in [3.8, 4) is 11.1 Å². The molecule has 2 heterocycles. The largest absolute Gasteiger partial charge is 0.481 e. The van der Waals surface area contributed by atoms with Crippen LogP contribution in [0.25, 0.3) is 11.1 Å². The normalized spacial score (nSPS) is 14.9.